The zero-order chi connectivity index (χ0) is 11.8. The van der Waals surface area contributed by atoms with Crippen molar-refractivity contribution in [1.82, 2.24) is 0 Å². The third-order valence-corrected chi connectivity index (χ3v) is 2.67. The monoisotopic (exact) mass is 218 g/mol. The number of benzene rings is 1. The normalized spacial score (nSPS) is 23.8. The van der Waals surface area contributed by atoms with Crippen LogP contribution in [0.2, 0.25) is 0 Å². The molecule has 0 spiro atoms. The second-order valence-corrected chi connectivity index (χ2v) is 4.25. The summed E-state index contributed by atoms with van der Waals surface area (Å²) in [7, 11) is 1.70. The van der Waals surface area contributed by atoms with Crippen molar-refractivity contribution in [1.29, 1.82) is 0 Å². The average Bonchev–Trinajstić information content (AvgIpc) is 2.50. The largest absolute Gasteiger partial charge is 0.496 e. The first-order valence-corrected chi connectivity index (χ1v) is 5.15. The number of carbonyl (C=O) groups excluding carboxylic acids is 1. The van der Waals surface area contributed by atoms with E-state index in [1.54, 1.807) is 14.0 Å². The highest BCUT2D eigenvalue weighted by atomic mass is 16.5. The molecule has 3 heteroatoms. The summed E-state index contributed by atoms with van der Waals surface area (Å²) in [6, 6.07) is 6.18. The van der Waals surface area contributed by atoms with Gasteiger partial charge in [0.05, 0.1) is 12.7 Å². The maximum Gasteiger partial charge on any atom is 0.158 e. The number of hydrogen-bond donors (Lipinski definition) is 1. The van der Waals surface area contributed by atoms with Gasteiger partial charge in [-0.05, 0) is 30.4 Å². The first-order chi connectivity index (χ1) is 7.52. The molecule has 1 N–H and O–H groups in total. The van der Waals surface area contributed by atoms with Gasteiger partial charge in [-0.25, -0.2) is 0 Å². The number of carbonyl (C=O) groups is 1. The molecular weight excluding hydrogens is 204 g/mol. The molecule has 0 aromatic rings. The lowest BCUT2D eigenvalue weighted by molar-refractivity contribution is -0.116. The van der Waals surface area contributed by atoms with E-state index < -0.39 is 5.60 Å². The summed E-state index contributed by atoms with van der Waals surface area (Å²) in [4.78, 5) is 10.4. The fourth-order valence-corrected chi connectivity index (χ4v) is 1.67. The van der Waals surface area contributed by atoms with E-state index in [-0.39, 0.29) is 12.2 Å². The second-order valence-electron chi connectivity index (χ2n) is 4.25. The fourth-order valence-electron chi connectivity index (χ4n) is 1.67. The smallest absolute Gasteiger partial charge is 0.158 e. The van der Waals surface area contributed by atoms with E-state index in [4.69, 9.17) is 9.84 Å². The molecule has 0 amide bonds. The van der Waals surface area contributed by atoms with Gasteiger partial charge in [0.25, 0.3) is 0 Å². The molecule has 84 valence electrons. The standard InChI is InChI=1S/C7H6O.C6H8O2/c1-8-7-4-5-2-3-6(5)7;1-6(8)3-2-5(7)4-6/h2-4H,1H3;2-3,8H,4H2,1H3. The molecule has 3 nitrogen and oxygen atoms in total. The van der Waals surface area contributed by atoms with Gasteiger partial charge in [-0.2, -0.15) is 0 Å². The van der Waals surface area contributed by atoms with Crippen LogP contribution in [-0.2, 0) is 4.79 Å². The lowest BCUT2D eigenvalue weighted by Gasteiger charge is -2.09. The minimum Gasteiger partial charge on any atom is -0.496 e. The van der Waals surface area contributed by atoms with Crippen LogP contribution in [0.4, 0.5) is 0 Å². The van der Waals surface area contributed by atoms with Gasteiger partial charge in [0.1, 0.15) is 5.75 Å². The minimum absolute atomic E-state index is 0.00926. The van der Waals surface area contributed by atoms with Crippen LogP contribution in [0.25, 0.3) is 0 Å². The van der Waals surface area contributed by atoms with Crippen molar-refractivity contribution in [2.45, 2.75) is 18.9 Å². The molecule has 1 atom stereocenters. The van der Waals surface area contributed by atoms with Crippen molar-refractivity contribution in [3.8, 4) is 5.75 Å². The van der Waals surface area contributed by atoms with Crippen molar-refractivity contribution < 1.29 is 14.6 Å². The Labute approximate surface area is 93.7 Å². The molecule has 0 aromatic heterocycles. The predicted molar refractivity (Wildman–Crippen MR) is 60.1 cm³/mol. The Balaban J connectivity index is 0.000000120. The van der Waals surface area contributed by atoms with Crippen LogP contribution in [0, 0.1) is 10.4 Å². The first kappa shape index (κ1) is 10.9. The summed E-state index contributed by atoms with van der Waals surface area (Å²) in [5, 5.41) is 11.7. The molecule has 3 aliphatic rings. The molecular formula is C13H14O3. The maximum absolute atomic E-state index is 10.4. The molecule has 0 aliphatic heterocycles. The molecule has 16 heavy (non-hydrogen) atoms. The zero-order valence-corrected chi connectivity index (χ0v) is 9.36. The van der Waals surface area contributed by atoms with Gasteiger partial charge in [-0.3, -0.25) is 4.79 Å². The van der Waals surface area contributed by atoms with Crippen molar-refractivity contribution >= 4 is 5.78 Å². The Hall–Kier alpha value is -1.61. The topological polar surface area (TPSA) is 46.5 Å². The molecule has 0 heterocycles. The number of ether oxygens (including phenoxy) is 1. The summed E-state index contributed by atoms with van der Waals surface area (Å²) in [6.45, 7) is 1.62. The van der Waals surface area contributed by atoms with Crippen molar-refractivity contribution in [2.24, 2.45) is 0 Å². The van der Waals surface area contributed by atoms with E-state index >= 15 is 0 Å². The van der Waals surface area contributed by atoms with Crippen molar-refractivity contribution in [2.75, 3.05) is 7.11 Å². The van der Waals surface area contributed by atoms with Gasteiger partial charge in [0.15, 0.2) is 5.78 Å². The third-order valence-electron chi connectivity index (χ3n) is 2.67. The number of allylic oxidation sites excluding steroid dienone is 1. The van der Waals surface area contributed by atoms with Crippen LogP contribution in [0.3, 0.4) is 0 Å². The number of ketones is 1. The van der Waals surface area contributed by atoms with Gasteiger partial charge in [-0.15, -0.1) is 0 Å². The van der Waals surface area contributed by atoms with E-state index in [9.17, 15) is 4.79 Å². The van der Waals surface area contributed by atoms with Crippen LogP contribution in [0.1, 0.15) is 13.3 Å². The highest BCUT2D eigenvalue weighted by Crippen LogP contribution is 2.22. The predicted octanol–water partition coefficient (Wildman–Crippen LogP) is 1.56. The maximum atomic E-state index is 10.4. The number of methoxy groups -OCH3 is 1. The zero-order valence-electron chi connectivity index (χ0n) is 9.36. The van der Waals surface area contributed by atoms with Crippen LogP contribution in [0.5, 0.6) is 5.75 Å². The highest BCUT2D eigenvalue weighted by molar-refractivity contribution is 5.93. The average molecular weight is 218 g/mol. The Morgan fingerprint density at radius 2 is 2.19 bits per heavy atom. The summed E-state index contributed by atoms with van der Waals surface area (Å²) in [5.74, 6) is 1.04. The van der Waals surface area contributed by atoms with Crippen LogP contribution in [0.15, 0.2) is 30.4 Å². The van der Waals surface area contributed by atoms with E-state index in [1.165, 1.54) is 22.6 Å². The molecule has 0 fully saturated rings. The highest BCUT2D eigenvalue weighted by Gasteiger charge is 2.24. The fraction of sp³-hybridized carbons (Fsp3) is 0.308. The van der Waals surface area contributed by atoms with Gasteiger partial charge >= 0.3 is 0 Å². The summed E-state index contributed by atoms with van der Waals surface area (Å²) < 4.78 is 4.97. The van der Waals surface area contributed by atoms with E-state index in [1.807, 2.05) is 6.07 Å². The number of hydrogen-bond acceptors (Lipinski definition) is 3. The summed E-state index contributed by atoms with van der Waals surface area (Å²) >= 11 is 0. The molecule has 0 saturated carbocycles. The second kappa shape index (κ2) is 3.76. The Kier molecular flexibility index (Phi) is 2.56. The van der Waals surface area contributed by atoms with Crippen molar-refractivity contribution in [3.05, 3.63) is 40.8 Å². The van der Waals surface area contributed by atoms with Gasteiger partial charge in [0.2, 0.25) is 0 Å². The van der Waals surface area contributed by atoms with Crippen LogP contribution >= 0.6 is 0 Å². The van der Waals surface area contributed by atoms with E-state index in [0.717, 1.165) is 5.75 Å². The summed E-state index contributed by atoms with van der Waals surface area (Å²) in [6.07, 6.45) is 3.18. The van der Waals surface area contributed by atoms with Gasteiger partial charge in [-0.1, -0.05) is 12.1 Å². The minimum atomic E-state index is -0.864. The van der Waals surface area contributed by atoms with Gasteiger partial charge < -0.3 is 9.84 Å². The quantitative estimate of drug-likeness (QED) is 0.790. The molecule has 0 radical (unpaired) electrons. The Bertz CT molecular complexity index is 541. The molecule has 0 saturated heterocycles. The molecule has 3 aliphatic carbocycles. The third kappa shape index (κ3) is 1.99. The Morgan fingerprint density at radius 1 is 1.44 bits per heavy atom. The SMILES string of the molecule is CC1(O)C=CC(=O)C1.COc1cc2ccc1=2. The number of aliphatic hydroxyl groups is 1. The molecule has 3 rings (SSSR count). The van der Waals surface area contributed by atoms with Crippen LogP contribution < -0.4 is 4.74 Å². The Morgan fingerprint density at radius 3 is 2.31 bits per heavy atom. The lowest BCUT2D eigenvalue weighted by Crippen LogP contribution is -2.18. The number of rotatable bonds is 1. The van der Waals surface area contributed by atoms with E-state index in [2.05, 4.69) is 12.1 Å². The van der Waals surface area contributed by atoms with Crippen molar-refractivity contribution in [3.63, 3.8) is 0 Å². The molecule has 0 aromatic carbocycles. The molecule has 0 bridgehead atoms. The van der Waals surface area contributed by atoms with Crippen LogP contribution in [-0.4, -0.2) is 23.6 Å². The molecule has 1 unspecified atom stereocenters. The summed E-state index contributed by atoms with van der Waals surface area (Å²) in [5.41, 5.74) is -0.864. The van der Waals surface area contributed by atoms with E-state index in [0.29, 0.717) is 0 Å². The van der Waals surface area contributed by atoms with Gasteiger partial charge in [0, 0.05) is 11.6 Å². The lowest BCUT2D eigenvalue weighted by atomic mass is 10.1. The first-order valence-electron chi connectivity index (χ1n) is 5.15.